The highest BCUT2D eigenvalue weighted by Gasteiger charge is 2.22. The first kappa shape index (κ1) is 15.0. The van der Waals surface area contributed by atoms with Crippen LogP contribution in [0.1, 0.15) is 20.8 Å². The van der Waals surface area contributed by atoms with Crippen molar-refractivity contribution >= 4 is 32.0 Å². The Balaban J connectivity index is 2.87. The van der Waals surface area contributed by atoms with Gasteiger partial charge in [0.25, 0.3) is 10.0 Å². The molecular weight excluding hydrogens is 322 g/mol. The van der Waals surface area contributed by atoms with Gasteiger partial charge >= 0.3 is 6.09 Å². The van der Waals surface area contributed by atoms with Crippen molar-refractivity contribution in [3.8, 4) is 0 Å². The molecule has 1 amide bonds. The van der Waals surface area contributed by atoms with E-state index in [2.05, 4.69) is 15.9 Å². The molecule has 18 heavy (non-hydrogen) atoms. The molecule has 1 aromatic carbocycles. The van der Waals surface area contributed by atoms with Gasteiger partial charge in [0.05, 0.1) is 4.90 Å². The SMILES string of the molecule is CC(C)(C)OC(=O)NS(=O)(=O)c1cccc(Br)c1. The van der Waals surface area contributed by atoms with Crippen LogP contribution >= 0.6 is 15.9 Å². The molecule has 0 aliphatic carbocycles. The number of benzene rings is 1. The van der Waals surface area contributed by atoms with E-state index in [1.54, 1.807) is 32.9 Å². The Morgan fingerprint density at radius 1 is 1.33 bits per heavy atom. The van der Waals surface area contributed by atoms with Gasteiger partial charge in [0.2, 0.25) is 0 Å². The topological polar surface area (TPSA) is 72.5 Å². The first-order chi connectivity index (χ1) is 8.10. The molecule has 0 radical (unpaired) electrons. The molecule has 0 fully saturated rings. The zero-order valence-electron chi connectivity index (χ0n) is 10.2. The molecule has 1 aromatic rings. The Labute approximate surface area is 115 Å². The second-order valence-corrected chi connectivity index (χ2v) is 7.16. The highest BCUT2D eigenvalue weighted by Crippen LogP contribution is 2.16. The molecule has 0 aliphatic rings. The summed E-state index contributed by atoms with van der Waals surface area (Å²) in [6.45, 7) is 4.95. The molecule has 0 atom stereocenters. The second kappa shape index (κ2) is 5.27. The minimum absolute atomic E-state index is 0.0114. The van der Waals surface area contributed by atoms with Crippen molar-refractivity contribution in [1.82, 2.24) is 4.72 Å². The summed E-state index contributed by atoms with van der Waals surface area (Å²) in [4.78, 5) is 11.4. The van der Waals surface area contributed by atoms with E-state index >= 15 is 0 Å². The van der Waals surface area contributed by atoms with Crippen LogP contribution in [-0.2, 0) is 14.8 Å². The lowest BCUT2D eigenvalue weighted by atomic mass is 10.2. The van der Waals surface area contributed by atoms with E-state index in [1.807, 2.05) is 4.72 Å². The molecule has 0 bridgehead atoms. The zero-order valence-corrected chi connectivity index (χ0v) is 12.6. The lowest BCUT2D eigenvalue weighted by Gasteiger charge is -2.19. The van der Waals surface area contributed by atoms with Crippen molar-refractivity contribution in [3.05, 3.63) is 28.7 Å². The van der Waals surface area contributed by atoms with Crippen LogP contribution in [0.15, 0.2) is 33.6 Å². The molecule has 0 heterocycles. The lowest BCUT2D eigenvalue weighted by molar-refractivity contribution is 0.0570. The third-order valence-electron chi connectivity index (χ3n) is 1.72. The fraction of sp³-hybridized carbons (Fsp3) is 0.364. The first-order valence-corrected chi connectivity index (χ1v) is 7.39. The van der Waals surface area contributed by atoms with Gasteiger partial charge in [-0.2, -0.15) is 0 Å². The van der Waals surface area contributed by atoms with E-state index in [-0.39, 0.29) is 4.90 Å². The average Bonchev–Trinajstić information content (AvgIpc) is 2.13. The van der Waals surface area contributed by atoms with Crippen molar-refractivity contribution in [2.75, 3.05) is 0 Å². The average molecular weight is 336 g/mol. The third kappa shape index (κ3) is 4.66. The van der Waals surface area contributed by atoms with Gasteiger partial charge in [-0.3, -0.25) is 0 Å². The van der Waals surface area contributed by atoms with E-state index in [9.17, 15) is 13.2 Å². The molecule has 100 valence electrons. The molecule has 0 saturated heterocycles. The molecule has 0 saturated carbocycles. The van der Waals surface area contributed by atoms with Gasteiger partial charge in [-0.25, -0.2) is 17.9 Å². The Hall–Kier alpha value is -1.08. The molecular formula is C11H14BrNO4S. The van der Waals surface area contributed by atoms with Crippen molar-refractivity contribution in [3.63, 3.8) is 0 Å². The molecule has 0 aromatic heterocycles. The van der Waals surface area contributed by atoms with Crippen LogP contribution in [0.25, 0.3) is 0 Å². The van der Waals surface area contributed by atoms with E-state index in [0.717, 1.165) is 0 Å². The van der Waals surface area contributed by atoms with Crippen LogP contribution in [0, 0.1) is 0 Å². The largest absolute Gasteiger partial charge is 0.443 e. The smallest absolute Gasteiger partial charge is 0.421 e. The predicted molar refractivity (Wildman–Crippen MR) is 70.7 cm³/mol. The molecule has 0 aliphatic heterocycles. The van der Waals surface area contributed by atoms with Crippen LogP contribution in [0.2, 0.25) is 0 Å². The van der Waals surface area contributed by atoms with E-state index in [1.165, 1.54) is 12.1 Å². The number of amides is 1. The summed E-state index contributed by atoms with van der Waals surface area (Å²) >= 11 is 3.16. The quantitative estimate of drug-likeness (QED) is 0.901. The Bertz CT molecular complexity index is 548. The minimum Gasteiger partial charge on any atom is -0.443 e. The van der Waals surface area contributed by atoms with Crippen molar-refractivity contribution < 1.29 is 17.9 Å². The second-order valence-electron chi connectivity index (χ2n) is 4.56. The van der Waals surface area contributed by atoms with Crippen LogP contribution in [0.5, 0.6) is 0 Å². The zero-order chi connectivity index (χ0) is 14.0. The number of nitrogens with one attached hydrogen (secondary N) is 1. The predicted octanol–water partition coefficient (Wildman–Crippen LogP) is 2.66. The molecule has 0 unspecified atom stereocenters. The van der Waals surface area contributed by atoms with Gasteiger partial charge in [-0.1, -0.05) is 22.0 Å². The normalized spacial score (nSPS) is 12.0. The number of sulfonamides is 1. The lowest BCUT2D eigenvalue weighted by Crippen LogP contribution is -2.36. The Morgan fingerprint density at radius 3 is 2.44 bits per heavy atom. The van der Waals surface area contributed by atoms with E-state index in [0.29, 0.717) is 4.47 Å². The number of hydrogen-bond donors (Lipinski definition) is 1. The van der Waals surface area contributed by atoms with Crippen molar-refractivity contribution in [2.24, 2.45) is 0 Å². The number of carbonyl (C=O) groups is 1. The standard InChI is InChI=1S/C11H14BrNO4S/c1-11(2,3)17-10(14)13-18(15,16)9-6-4-5-8(12)7-9/h4-7H,1-3H3,(H,13,14). The summed E-state index contributed by atoms with van der Waals surface area (Å²) in [6.07, 6.45) is -0.998. The number of halogens is 1. The summed E-state index contributed by atoms with van der Waals surface area (Å²) in [5.41, 5.74) is -0.753. The maximum atomic E-state index is 11.8. The maximum Gasteiger partial charge on any atom is 0.421 e. The number of rotatable bonds is 2. The monoisotopic (exact) mass is 335 g/mol. The van der Waals surface area contributed by atoms with Crippen LogP contribution in [0.4, 0.5) is 4.79 Å². The van der Waals surface area contributed by atoms with Crippen LogP contribution in [-0.4, -0.2) is 20.1 Å². The first-order valence-electron chi connectivity index (χ1n) is 5.11. The van der Waals surface area contributed by atoms with Gasteiger partial charge in [0, 0.05) is 4.47 Å². The third-order valence-corrected chi connectivity index (χ3v) is 3.53. The summed E-state index contributed by atoms with van der Waals surface area (Å²) in [5.74, 6) is 0. The number of carbonyl (C=O) groups excluding carboxylic acids is 1. The highest BCUT2D eigenvalue weighted by molar-refractivity contribution is 9.10. The van der Waals surface area contributed by atoms with Gasteiger partial charge in [0.15, 0.2) is 0 Å². The van der Waals surface area contributed by atoms with Gasteiger partial charge < -0.3 is 4.74 Å². The number of hydrogen-bond acceptors (Lipinski definition) is 4. The molecule has 5 nitrogen and oxygen atoms in total. The molecule has 1 N–H and O–H groups in total. The minimum atomic E-state index is -3.91. The fourth-order valence-electron chi connectivity index (χ4n) is 1.10. The van der Waals surface area contributed by atoms with E-state index < -0.39 is 21.7 Å². The van der Waals surface area contributed by atoms with Gasteiger partial charge in [0.1, 0.15) is 5.60 Å². The van der Waals surface area contributed by atoms with Crippen molar-refractivity contribution in [2.45, 2.75) is 31.3 Å². The fourth-order valence-corrected chi connectivity index (χ4v) is 2.57. The molecule has 1 rings (SSSR count). The van der Waals surface area contributed by atoms with E-state index in [4.69, 9.17) is 4.74 Å². The van der Waals surface area contributed by atoms with Crippen LogP contribution in [0.3, 0.4) is 0 Å². The summed E-state index contributed by atoms with van der Waals surface area (Å²) in [6, 6.07) is 6.03. The highest BCUT2D eigenvalue weighted by atomic mass is 79.9. The van der Waals surface area contributed by atoms with Gasteiger partial charge in [-0.05, 0) is 39.0 Å². The van der Waals surface area contributed by atoms with Gasteiger partial charge in [-0.15, -0.1) is 0 Å². The summed E-state index contributed by atoms with van der Waals surface area (Å²) in [5, 5.41) is 0. The molecule has 0 spiro atoms. The van der Waals surface area contributed by atoms with Crippen molar-refractivity contribution in [1.29, 1.82) is 0 Å². The Kier molecular flexibility index (Phi) is 4.39. The summed E-state index contributed by atoms with van der Waals surface area (Å²) < 4.78 is 31.0. The number of ether oxygens (including phenoxy) is 1. The maximum absolute atomic E-state index is 11.8. The Morgan fingerprint density at radius 2 is 1.94 bits per heavy atom. The van der Waals surface area contributed by atoms with Crippen LogP contribution < -0.4 is 4.72 Å². The summed E-state index contributed by atoms with van der Waals surface area (Å²) in [7, 11) is -3.91. The molecule has 7 heteroatoms.